The number of aromatic amines is 1. The topological polar surface area (TPSA) is 101 Å². The van der Waals surface area contributed by atoms with Gasteiger partial charge in [-0.3, -0.25) is 9.59 Å². The number of benzene rings is 3. The summed E-state index contributed by atoms with van der Waals surface area (Å²) < 4.78 is 29.8. The largest absolute Gasteiger partial charge is 0.435 e. The number of ether oxygens (including phenoxy) is 1. The van der Waals surface area contributed by atoms with Crippen LogP contribution in [0.25, 0.3) is 11.0 Å². The van der Waals surface area contributed by atoms with E-state index in [-0.39, 0.29) is 17.2 Å². The fourth-order valence-corrected chi connectivity index (χ4v) is 5.43. The third-order valence-corrected chi connectivity index (χ3v) is 7.37. The molecule has 2 amide bonds. The number of primary amides is 1. The van der Waals surface area contributed by atoms with Crippen LogP contribution in [0.5, 0.6) is 5.75 Å². The molecule has 5 rings (SSSR count). The molecule has 0 aliphatic carbocycles. The number of carbonyl (C=O) groups excluding carboxylic acids is 2. The van der Waals surface area contributed by atoms with Crippen molar-refractivity contribution in [3.8, 4) is 5.75 Å². The summed E-state index contributed by atoms with van der Waals surface area (Å²) in [6.45, 7) is 0.261. The number of hydrogen-bond acceptors (Lipinski definition) is 4. The summed E-state index contributed by atoms with van der Waals surface area (Å²) in [7, 11) is 0. The summed E-state index contributed by atoms with van der Waals surface area (Å²) in [5, 5.41) is 0.538. The molecule has 3 aromatic carbocycles. The number of imidazole rings is 1. The number of nitrogens with one attached hydrogen (secondary N) is 1. The molecule has 4 aromatic rings. The first-order valence-electron chi connectivity index (χ1n) is 12.6. The van der Waals surface area contributed by atoms with Crippen molar-refractivity contribution in [2.75, 3.05) is 13.1 Å². The smallest absolute Gasteiger partial charge is 0.387 e. The molecule has 202 valence electrons. The third-order valence-electron chi connectivity index (χ3n) is 7.13. The lowest BCUT2D eigenvalue weighted by atomic mass is 9.83. The zero-order valence-electron chi connectivity index (χ0n) is 21.2. The first kappa shape index (κ1) is 26.6. The number of hydrogen-bond donors (Lipinski definition) is 2. The summed E-state index contributed by atoms with van der Waals surface area (Å²) in [4.78, 5) is 36.0. The second kappa shape index (κ2) is 11.0. The van der Waals surface area contributed by atoms with Crippen LogP contribution in [0.15, 0.2) is 54.6 Å². The number of fused-ring (bicyclic) bond motifs is 1. The lowest BCUT2D eigenvalue weighted by molar-refractivity contribution is -0.0498. The molecule has 10 heteroatoms. The Morgan fingerprint density at radius 3 is 2.44 bits per heavy atom. The molecule has 1 saturated heterocycles. The Hall–Kier alpha value is -3.98. The molecule has 1 aliphatic rings. The minimum atomic E-state index is -2.93. The maximum absolute atomic E-state index is 13.4. The van der Waals surface area contributed by atoms with Crippen LogP contribution in [0.2, 0.25) is 5.02 Å². The number of nitrogens with zero attached hydrogens (tertiary/aromatic N) is 2. The van der Waals surface area contributed by atoms with E-state index in [1.165, 1.54) is 12.1 Å². The Kier molecular flexibility index (Phi) is 7.52. The van der Waals surface area contributed by atoms with Gasteiger partial charge in [0.25, 0.3) is 5.91 Å². The fourth-order valence-electron chi connectivity index (χ4n) is 5.26. The Morgan fingerprint density at radius 1 is 1.08 bits per heavy atom. The van der Waals surface area contributed by atoms with Crippen LogP contribution in [0.1, 0.15) is 62.0 Å². The quantitative estimate of drug-likeness (QED) is 0.287. The first-order chi connectivity index (χ1) is 18.7. The number of alkyl halides is 2. The lowest BCUT2D eigenvalue weighted by Crippen LogP contribution is -2.29. The number of aromatic nitrogens is 2. The van der Waals surface area contributed by atoms with Gasteiger partial charge in [-0.05, 0) is 85.3 Å². The lowest BCUT2D eigenvalue weighted by Gasteiger charge is -2.24. The minimum Gasteiger partial charge on any atom is -0.435 e. The van der Waals surface area contributed by atoms with Crippen LogP contribution in [0.4, 0.5) is 8.78 Å². The normalized spacial score (nSPS) is 14.2. The SMILES string of the molecule is Cc1c(C(=O)N2CCCC2)ccc(C(N)=O)c1C(Cc1ccc(OC(F)F)cc1)c1nc2ccc(Cl)cc2[nH]1. The molecular formula is C29H27ClF2N4O3. The van der Waals surface area contributed by atoms with Crippen molar-refractivity contribution in [3.63, 3.8) is 0 Å². The highest BCUT2D eigenvalue weighted by atomic mass is 35.5. The van der Waals surface area contributed by atoms with E-state index >= 15 is 0 Å². The average Bonchev–Trinajstić information content (AvgIpc) is 3.58. The van der Waals surface area contributed by atoms with Gasteiger partial charge in [0.1, 0.15) is 11.6 Å². The summed E-state index contributed by atoms with van der Waals surface area (Å²) in [5.74, 6) is -0.650. The van der Waals surface area contributed by atoms with Crippen LogP contribution < -0.4 is 10.5 Å². The molecule has 1 fully saturated rings. The minimum absolute atomic E-state index is 0.0379. The third kappa shape index (κ3) is 5.59. The number of likely N-dealkylation sites (tertiary alicyclic amines) is 1. The second-order valence-electron chi connectivity index (χ2n) is 9.63. The van der Waals surface area contributed by atoms with Gasteiger partial charge < -0.3 is 20.4 Å². The van der Waals surface area contributed by atoms with Gasteiger partial charge >= 0.3 is 6.61 Å². The van der Waals surface area contributed by atoms with Crippen LogP contribution in [-0.2, 0) is 6.42 Å². The summed E-state index contributed by atoms with van der Waals surface area (Å²) in [5.41, 5.74) is 10.0. The van der Waals surface area contributed by atoms with Crippen molar-refractivity contribution in [3.05, 3.63) is 93.3 Å². The summed E-state index contributed by atoms with van der Waals surface area (Å²) in [6, 6.07) is 14.8. The van der Waals surface area contributed by atoms with Crippen LogP contribution in [0.3, 0.4) is 0 Å². The molecule has 0 saturated carbocycles. The molecule has 7 nitrogen and oxygen atoms in total. The maximum atomic E-state index is 13.4. The van der Waals surface area contributed by atoms with Gasteiger partial charge in [0, 0.05) is 35.2 Å². The molecule has 2 heterocycles. The Bertz CT molecular complexity index is 1530. The van der Waals surface area contributed by atoms with E-state index in [1.54, 1.807) is 42.5 Å². The van der Waals surface area contributed by atoms with Gasteiger partial charge in [0.15, 0.2) is 0 Å². The van der Waals surface area contributed by atoms with Crippen molar-refractivity contribution in [2.45, 2.75) is 38.7 Å². The van der Waals surface area contributed by atoms with Gasteiger partial charge in [0.05, 0.1) is 11.0 Å². The predicted octanol–water partition coefficient (Wildman–Crippen LogP) is 5.84. The first-order valence-corrected chi connectivity index (χ1v) is 13.0. The molecule has 0 bridgehead atoms. The van der Waals surface area contributed by atoms with Crippen molar-refractivity contribution in [2.24, 2.45) is 5.73 Å². The molecule has 3 N–H and O–H groups in total. The van der Waals surface area contributed by atoms with E-state index in [2.05, 4.69) is 9.72 Å². The highest BCUT2D eigenvalue weighted by molar-refractivity contribution is 6.31. The zero-order valence-corrected chi connectivity index (χ0v) is 22.0. The molecule has 0 radical (unpaired) electrons. The highest BCUT2D eigenvalue weighted by Gasteiger charge is 2.30. The molecule has 0 spiro atoms. The number of halogens is 3. The van der Waals surface area contributed by atoms with Crippen LogP contribution in [0, 0.1) is 6.92 Å². The van der Waals surface area contributed by atoms with Crippen LogP contribution in [-0.4, -0.2) is 46.4 Å². The molecule has 1 aliphatic heterocycles. The van der Waals surface area contributed by atoms with E-state index in [4.69, 9.17) is 22.3 Å². The molecule has 1 unspecified atom stereocenters. The number of amides is 2. The van der Waals surface area contributed by atoms with Gasteiger partial charge in [-0.25, -0.2) is 4.98 Å². The zero-order chi connectivity index (χ0) is 27.7. The molecular weight excluding hydrogens is 526 g/mol. The average molecular weight is 553 g/mol. The monoisotopic (exact) mass is 552 g/mol. The van der Waals surface area contributed by atoms with Crippen molar-refractivity contribution >= 4 is 34.4 Å². The number of carbonyl (C=O) groups is 2. The van der Waals surface area contributed by atoms with Crippen molar-refractivity contribution < 1.29 is 23.1 Å². The Labute approximate surface area is 228 Å². The van der Waals surface area contributed by atoms with Gasteiger partial charge in [0.2, 0.25) is 5.91 Å². The standard InChI is InChI=1S/C29H27ClF2N4O3/c1-16-20(28(38)36-12-2-3-13-36)9-10-21(26(33)37)25(16)22(14-17-4-7-19(8-5-17)39-29(31)32)27-34-23-11-6-18(30)15-24(23)35-27/h4-11,15,22,29H,2-3,12-14H2,1H3,(H2,33,37)(H,34,35). The Balaban J connectivity index is 1.64. The van der Waals surface area contributed by atoms with Crippen molar-refractivity contribution in [1.29, 1.82) is 0 Å². The van der Waals surface area contributed by atoms with E-state index in [9.17, 15) is 18.4 Å². The molecule has 1 aromatic heterocycles. The number of rotatable bonds is 8. The van der Waals surface area contributed by atoms with Gasteiger partial charge in [-0.1, -0.05) is 23.7 Å². The highest BCUT2D eigenvalue weighted by Crippen LogP contribution is 2.36. The summed E-state index contributed by atoms with van der Waals surface area (Å²) >= 11 is 6.20. The maximum Gasteiger partial charge on any atom is 0.387 e. The summed E-state index contributed by atoms with van der Waals surface area (Å²) in [6.07, 6.45) is 2.24. The van der Waals surface area contributed by atoms with Gasteiger partial charge in [-0.15, -0.1) is 0 Å². The van der Waals surface area contributed by atoms with E-state index < -0.39 is 18.4 Å². The Morgan fingerprint density at radius 2 is 1.77 bits per heavy atom. The van der Waals surface area contributed by atoms with Crippen LogP contribution >= 0.6 is 11.6 Å². The van der Waals surface area contributed by atoms with Crippen molar-refractivity contribution in [1.82, 2.24) is 14.9 Å². The van der Waals surface area contributed by atoms with Gasteiger partial charge in [-0.2, -0.15) is 8.78 Å². The fraction of sp³-hybridized carbons (Fsp3) is 0.276. The van der Waals surface area contributed by atoms with E-state index in [1.807, 2.05) is 11.8 Å². The molecule has 1 atom stereocenters. The predicted molar refractivity (Wildman–Crippen MR) is 145 cm³/mol. The molecule has 39 heavy (non-hydrogen) atoms. The van der Waals surface area contributed by atoms with E-state index in [0.717, 1.165) is 18.4 Å². The number of H-pyrrole nitrogens is 1. The number of nitrogens with two attached hydrogens (primary N) is 1. The second-order valence-corrected chi connectivity index (χ2v) is 10.1. The van der Waals surface area contributed by atoms with E-state index in [0.29, 0.717) is 58.1 Å².